The van der Waals surface area contributed by atoms with E-state index >= 15 is 0 Å². The predicted octanol–water partition coefficient (Wildman–Crippen LogP) is 1.77. The van der Waals surface area contributed by atoms with Crippen molar-refractivity contribution in [3.63, 3.8) is 0 Å². The molecular weight excluding hydrogens is 211 g/mol. The van der Waals surface area contributed by atoms with Crippen LogP contribution in [-0.4, -0.2) is 30.0 Å². The third-order valence-electron chi connectivity index (χ3n) is 2.52. The molecule has 1 aliphatic rings. The highest BCUT2D eigenvalue weighted by Crippen LogP contribution is 2.27. The van der Waals surface area contributed by atoms with E-state index in [9.17, 15) is 18.3 Å². The first kappa shape index (κ1) is 12.7. The molecule has 0 saturated heterocycles. The molecule has 0 unspecified atom stereocenters. The van der Waals surface area contributed by atoms with Gasteiger partial charge in [-0.15, -0.1) is 0 Å². The molecule has 0 spiro atoms. The van der Waals surface area contributed by atoms with Crippen molar-refractivity contribution in [3.05, 3.63) is 0 Å². The highest BCUT2D eigenvalue weighted by Gasteiger charge is 2.31. The van der Waals surface area contributed by atoms with Crippen molar-refractivity contribution in [2.45, 2.75) is 43.9 Å². The van der Waals surface area contributed by atoms with Gasteiger partial charge in [0.25, 0.3) is 0 Å². The van der Waals surface area contributed by atoms with Gasteiger partial charge in [-0.1, -0.05) is 19.3 Å². The molecule has 1 fully saturated rings. The van der Waals surface area contributed by atoms with Gasteiger partial charge in [-0.05, 0) is 12.8 Å². The van der Waals surface area contributed by atoms with Crippen LogP contribution in [0.4, 0.5) is 13.2 Å². The molecule has 0 aromatic rings. The van der Waals surface area contributed by atoms with Gasteiger partial charge in [-0.2, -0.15) is 18.7 Å². The first-order valence-corrected chi connectivity index (χ1v) is 5.05. The molecule has 90 valence electrons. The van der Waals surface area contributed by atoms with E-state index in [2.05, 4.69) is 10.3 Å². The maximum Gasteiger partial charge on any atom is 0.413 e. The van der Waals surface area contributed by atoms with Gasteiger partial charge in [-0.3, -0.25) is 4.84 Å². The van der Waals surface area contributed by atoms with Crippen LogP contribution in [0.1, 0.15) is 32.1 Å². The van der Waals surface area contributed by atoms with E-state index in [1.54, 1.807) is 0 Å². The third kappa shape index (κ3) is 5.34. The smallest absolute Gasteiger partial charge is 0.388 e. The topological polar surface area (TPSA) is 41.5 Å². The van der Waals surface area contributed by atoms with Crippen LogP contribution in [0.25, 0.3) is 0 Å². The summed E-state index contributed by atoms with van der Waals surface area (Å²) in [7, 11) is 0. The van der Waals surface area contributed by atoms with Gasteiger partial charge in [0.15, 0.2) is 6.61 Å². The molecule has 1 saturated carbocycles. The zero-order chi connectivity index (χ0) is 11.4. The van der Waals surface area contributed by atoms with Crippen molar-refractivity contribution >= 4 is 0 Å². The van der Waals surface area contributed by atoms with E-state index in [-0.39, 0.29) is 6.54 Å². The summed E-state index contributed by atoms with van der Waals surface area (Å²) in [6.45, 7) is -1.27. The lowest BCUT2D eigenvalue weighted by molar-refractivity contribution is -0.194. The number of nitrogens with one attached hydrogen (secondary N) is 1. The summed E-state index contributed by atoms with van der Waals surface area (Å²) < 4.78 is 35.1. The van der Waals surface area contributed by atoms with Crippen molar-refractivity contribution in [3.8, 4) is 0 Å². The molecule has 6 heteroatoms. The molecule has 0 radical (unpaired) electrons. The molecule has 0 amide bonds. The average Bonchev–Trinajstić information content (AvgIpc) is 2.12. The Morgan fingerprint density at radius 1 is 1.20 bits per heavy atom. The number of hydroxylamine groups is 1. The van der Waals surface area contributed by atoms with Crippen LogP contribution in [0.15, 0.2) is 0 Å². The summed E-state index contributed by atoms with van der Waals surface area (Å²) in [6.07, 6.45) is -0.187. The Morgan fingerprint density at radius 3 is 2.33 bits per heavy atom. The minimum absolute atomic E-state index is 0.0586. The van der Waals surface area contributed by atoms with Crippen molar-refractivity contribution < 1.29 is 23.1 Å². The number of alkyl halides is 3. The summed E-state index contributed by atoms with van der Waals surface area (Å²) in [6, 6.07) is 0. The van der Waals surface area contributed by atoms with Crippen molar-refractivity contribution in [1.29, 1.82) is 0 Å². The van der Waals surface area contributed by atoms with Gasteiger partial charge in [0.1, 0.15) is 0 Å². The molecule has 1 rings (SSSR count). The predicted molar refractivity (Wildman–Crippen MR) is 48.0 cm³/mol. The number of aliphatic hydroxyl groups is 1. The molecule has 0 heterocycles. The summed E-state index contributed by atoms with van der Waals surface area (Å²) in [5.74, 6) is 0. The highest BCUT2D eigenvalue weighted by molar-refractivity contribution is 4.83. The highest BCUT2D eigenvalue weighted by atomic mass is 19.4. The molecule has 0 aromatic heterocycles. The van der Waals surface area contributed by atoms with Gasteiger partial charge < -0.3 is 5.11 Å². The monoisotopic (exact) mass is 227 g/mol. The Bertz CT molecular complexity index is 190. The maximum absolute atomic E-state index is 11.7. The SMILES string of the molecule is OC1(CNOCC(F)(F)F)CCCCC1. The lowest BCUT2D eigenvalue weighted by Gasteiger charge is -2.31. The summed E-state index contributed by atoms with van der Waals surface area (Å²) in [5, 5.41) is 9.88. The van der Waals surface area contributed by atoms with Crippen LogP contribution in [-0.2, 0) is 4.84 Å². The Hall–Kier alpha value is -0.330. The van der Waals surface area contributed by atoms with Gasteiger partial charge in [0.05, 0.1) is 5.60 Å². The number of hydrogen-bond acceptors (Lipinski definition) is 3. The Morgan fingerprint density at radius 2 is 1.80 bits per heavy atom. The molecule has 15 heavy (non-hydrogen) atoms. The molecule has 0 bridgehead atoms. The zero-order valence-corrected chi connectivity index (χ0v) is 8.44. The van der Waals surface area contributed by atoms with Gasteiger partial charge in [0, 0.05) is 6.54 Å². The number of halogens is 3. The normalized spacial score (nSPS) is 21.6. The summed E-state index contributed by atoms with van der Waals surface area (Å²) in [4.78, 5) is 4.23. The van der Waals surface area contributed by atoms with Gasteiger partial charge in [-0.25, -0.2) is 0 Å². The molecule has 2 N–H and O–H groups in total. The molecule has 0 aromatic carbocycles. The molecule has 1 aliphatic carbocycles. The van der Waals surface area contributed by atoms with Crippen LogP contribution in [0.3, 0.4) is 0 Å². The Balaban J connectivity index is 2.13. The van der Waals surface area contributed by atoms with Crippen LogP contribution < -0.4 is 5.48 Å². The lowest BCUT2D eigenvalue weighted by Crippen LogP contribution is -2.43. The summed E-state index contributed by atoms with van der Waals surface area (Å²) in [5.41, 5.74) is 1.28. The van der Waals surface area contributed by atoms with E-state index < -0.39 is 18.4 Å². The van der Waals surface area contributed by atoms with Crippen molar-refractivity contribution in [2.24, 2.45) is 0 Å². The third-order valence-corrected chi connectivity index (χ3v) is 2.52. The van der Waals surface area contributed by atoms with E-state index in [0.29, 0.717) is 12.8 Å². The van der Waals surface area contributed by atoms with Crippen LogP contribution in [0.5, 0.6) is 0 Å². The van der Waals surface area contributed by atoms with E-state index in [1.165, 1.54) is 0 Å². The Kier molecular flexibility index (Phi) is 4.36. The minimum Gasteiger partial charge on any atom is -0.388 e. The fourth-order valence-electron chi connectivity index (χ4n) is 1.70. The van der Waals surface area contributed by atoms with E-state index in [0.717, 1.165) is 19.3 Å². The second-order valence-corrected chi connectivity index (χ2v) is 4.01. The first-order chi connectivity index (χ1) is 6.91. The van der Waals surface area contributed by atoms with Crippen LogP contribution in [0.2, 0.25) is 0 Å². The van der Waals surface area contributed by atoms with Gasteiger partial charge >= 0.3 is 6.18 Å². The Labute approximate surface area is 86.6 Å². The zero-order valence-electron chi connectivity index (χ0n) is 8.44. The van der Waals surface area contributed by atoms with Crippen LogP contribution in [0, 0.1) is 0 Å². The van der Waals surface area contributed by atoms with E-state index in [1.807, 2.05) is 0 Å². The second-order valence-electron chi connectivity index (χ2n) is 4.01. The van der Waals surface area contributed by atoms with Crippen molar-refractivity contribution in [1.82, 2.24) is 5.48 Å². The lowest BCUT2D eigenvalue weighted by atomic mass is 9.85. The number of rotatable bonds is 4. The molecule has 0 atom stereocenters. The molecule has 0 aliphatic heterocycles. The minimum atomic E-state index is -4.33. The fourth-order valence-corrected chi connectivity index (χ4v) is 1.70. The van der Waals surface area contributed by atoms with Gasteiger partial charge in [0.2, 0.25) is 0 Å². The number of hydrogen-bond donors (Lipinski definition) is 2. The molecular formula is C9H16F3NO2. The quantitative estimate of drug-likeness (QED) is 0.568. The van der Waals surface area contributed by atoms with Crippen LogP contribution >= 0.6 is 0 Å². The second kappa shape index (κ2) is 5.14. The first-order valence-electron chi connectivity index (χ1n) is 5.05. The van der Waals surface area contributed by atoms with Crippen molar-refractivity contribution in [2.75, 3.05) is 13.2 Å². The average molecular weight is 227 g/mol. The fraction of sp³-hybridized carbons (Fsp3) is 1.00. The standard InChI is InChI=1S/C9H16F3NO2/c10-9(11,12)7-15-13-6-8(14)4-2-1-3-5-8/h13-14H,1-7H2. The van der Waals surface area contributed by atoms with E-state index in [4.69, 9.17) is 0 Å². The summed E-state index contributed by atoms with van der Waals surface area (Å²) >= 11 is 0. The maximum atomic E-state index is 11.7. The largest absolute Gasteiger partial charge is 0.413 e. The molecule has 3 nitrogen and oxygen atoms in total.